The zero-order chi connectivity index (χ0) is 15.4. The molecule has 2 aromatic rings. The molecule has 1 amide bonds. The van der Waals surface area contributed by atoms with Crippen LogP contribution in [0.1, 0.15) is 10.4 Å². The van der Waals surface area contributed by atoms with Crippen LogP contribution < -0.4 is 10.1 Å². The summed E-state index contributed by atoms with van der Waals surface area (Å²) in [6, 6.07) is 6.56. The van der Waals surface area contributed by atoms with E-state index >= 15 is 0 Å². The molecule has 2 rings (SSSR count). The standard InChI is InChI=1S/C13H10FN3O4/c1-21-11-5-4-8(7-10(11)17(19)20)16-13(18)9-3-2-6-15-12(9)14/h2-7H,1H3,(H,16,18). The van der Waals surface area contributed by atoms with Crippen molar-refractivity contribution in [3.63, 3.8) is 0 Å². The lowest BCUT2D eigenvalue weighted by Gasteiger charge is -2.07. The van der Waals surface area contributed by atoms with Crippen LogP contribution in [0.5, 0.6) is 5.75 Å². The second-order valence-corrected chi connectivity index (χ2v) is 3.94. The fraction of sp³-hybridized carbons (Fsp3) is 0.0769. The number of rotatable bonds is 4. The SMILES string of the molecule is COc1ccc(NC(=O)c2cccnc2F)cc1[N+](=O)[O-]. The number of anilines is 1. The first kappa shape index (κ1) is 14.4. The summed E-state index contributed by atoms with van der Waals surface area (Å²) in [5, 5.41) is 13.3. The minimum Gasteiger partial charge on any atom is -0.490 e. The molecule has 0 aliphatic rings. The van der Waals surface area contributed by atoms with Gasteiger partial charge in [0.05, 0.1) is 17.6 Å². The number of nitrogens with zero attached hydrogens (tertiary/aromatic N) is 2. The van der Waals surface area contributed by atoms with Gasteiger partial charge in [0.2, 0.25) is 5.95 Å². The molecular formula is C13H10FN3O4. The molecule has 0 saturated heterocycles. The summed E-state index contributed by atoms with van der Waals surface area (Å²) in [6.45, 7) is 0. The molecule has 0 aliphatic heterocycles. The molecule has 0 radical (unpaired) electrons. The molecule has 0 spiro atoms. The zero-order valence-electron chi connectivity index (χ0n) is 10.9. The third kappa shape index (κ3) is 3.11. The second kappa shape index (κ2) is 5.95. The van der Waals surface area contributed by atoms with E-state index in [1.807, 2.05) is 0 Å². The molecule has 0 bridgehead atoms. The molecule has 0 aliphatic carbocycles. The fourth-order valence-corrected chi connectivity index (χ4v) is 1.66. The minimum atomic E-state index is -0.919. The van der Waals surface area contributed by atoms with Gasteiger partial charge in [0, 0.05) is 18.0 Å². The Kier molecular flexibility index (Phi) is 4.07. The van der Waals surface area contributed by atoms with Crippen LogP contribution in [0.15, 0.2) is 36.5 Å². The van der Waals surface area contributed by atoms with Gasteiger partial charge in [-0.25, -0.2) is 4.98 Å². The molecule has 0 fully saturated rings. The van der Waals surface area contributed by atoms with Crippen LogP contribution in [-0.4, -0.2) is 22.9 Å². The fourth-order valence-electron chi connectivity index (χ4n) is 1.66. The topological polar surface area (TPSA) is 94.4 Å². The highest BCUT2D eigenvalue weighted by Crippen LogP contribution is 2.29. The molecule has 1 N–H and O–H groups in total. The van der Waals surface area contributed by atoms with Gasteiger partial charge in [-0.1, -0.05) is 0 Å². The van der Waals surface area contributed by atoms with Crippen molar-refractivity contribution in [2.24, 2.45) is 0 Å². The first-order valence-corrected chi connectivity index (χ1v) is 5.77. The molecule has 0 saturated carbocycles. The van der Waals surface area contributed by atoms with Crippen molar-refractivity contribution < 1.29 is 18.8 Å². The van der Waals surface area contributed by atoms with Crippen molar-refractivity contribution in [2.45, 2.75) is 0 Å². The monoisotopic (exact) mass is 291 g/mol. The van der Waals surface area contributed by atoms with Crippen LogP contribution in [0.2, 0.25) is 0 Å². The summed E-state index contributed by atoms with van der Waals surface area (Å²) in [7, 11) is 1.30. The highest BCUT2D eigenvalue weighted by atomic mass is 19.1. The van der Waals surface area contributed by atoms with Gasteiger partial charge in [0.1, 0.15) is 0 Å². The molecule has 1 aromatic heterocycles. The van der Waals surface area contributed by atoms with Gasteiger partial charge in [-0.3, -0.25) is 14.9 Å². The number of nitro benzene ring substituents is 1. The van der Waals surface area contributed by atoms with Gasteiger partial charge >= 0.3 is 5.69 Å². The van der Waals surface area contributed by atoms with Gasteiger partial charge in [-0.05, 0) is 24.3 Å². The number of nitrogens with one attached hydrogen (secondary N) is 1. The van der Waals surface area contributed by atoms with Crippen LogP contribution in [0, 0.1) is 16.1 Å². The van der Waals surface area contributed by atoms with Crippen molar-refractivity contribution >= 4 is 17.3 Å². The average Bonchev–Trinajstić information content (AvgIpc) is 2.47. The van der Waals surface area contributed by atoms with Crippen molar-refractivity contribution in [3.8, 4) is 5.75 Å². The molecule has 21 heavy (non-hydrogen) atoms. The molecule has 1 heterocycles. The lowest BCUT2D eigenvalue weighted by Crippen LogP contribution is -2.14. The molecule has 108 valence electrons. The Bertz CT molecular complexity index is 706. The van der Waals surface area contributed by atoms with E-state index < -0.39 is 16.8 Å². The number of amides is 1. The molecule has 0 atom stereocenters. The number of nitro groups is 1. The highest BCUT2D eigenvalue weighted by Gasteiger charge is 2.17. The van der Waals surface area contributed by atoms with Crippen molar-refractivity contribution in [1.29, 1.82) is 0 Å². The summed E-state index contributed by atoms with van der Waals surface area (Å²) in [5.41, 5.74) is -0.409. The number of carbonyl (C=O) groups is 1. The van der Waals surface area contributed by atoms with Gasteiger partial charge < -0.3 is 10.1 Å². The minimum absolute atomic E-state index is 0.0607. The Labute approximate surface area is 118 Å². The van der Waals surface area contributed by atoms with E-state index in [-0.39, 0.29) is 22.7 Å². The maximum atomic E-state index is 13.4. The van der Waals surface area contributed by atoms with E-state index in [2.05, 4.69) is 10.3 Å². The molecule has 7 nitrogen and oxygen atoms in total. The maximum absolute atomic E-state index is 13.4. The van der Waals surface area contributed by atoms with E-state index in [4.69, 9.17) is 4.74 Å². The molecular weight excluding hydrogens is 281 g/mol. The maximum Gasteiger partial charge on any atom is 0.312 e. The summed E-state index contributed by atoms with van der Waals surface area (Å²) in [6.07, 6.45) is 1.21. The first-order chi connectivity index (χ1) is 10.0. The Morgan fingerprint density at radius 1 is 1.43 bits per heavy atom. The van der Waals surface area contributed by atoms with Crippen LogP contribution >= 0.6 is 0 Å². The lowest BCUT2D eigenvalue weighted by atomic mass is 10.2. The van der Waals surface area contributed by atoms with Crippen molar-refractivity contribution in [2.75, 3.05) is 12.4 Å². The summed E-state index contributed by atoms with van der Waals surface area (Å²) in [4.78, 5) is 25.5. The molecule has 1 aromatic carbocycles. The van der Waals surface area contributed by atoms with E-state index in [0.29, 0.717) is 0 Å². The van der Waals surface area contributed by atoms with Crippen LogP contribution in [0.4, 0.5) is 15.8 Å². The Morgan fingerprint density at radius 3 is 2.81 bits per heavy atom. The molecule has 8 heteroatoms. The zero-order valence-corrected chi connectivity index (χ0v) is 10.9. The predicted octanol–water partition coefficient (Wildman–Crippen LogP) is 2.39. The number of hydrogen-bond acceptors (Lipinski definition) is 5. The van der Waals surface area contributed by atoms with E-state index in [0.717, 1.165) is 6.07 Å². The number of aromatic nitrogens is 1. The number of halogens is 1. The first-order valence-electron chi connectivity index (χ1n) is 5.77. The van der Waals surface area contributed by atoms with E-state index in [1.54, 1.807) is 0 Å². The van der Waals surface area contributed by atoms with E-state index in [9.17, 15) is 19.3 Å². The average molecular weight is 291 g/mol. The number of hydrogen-bond donors (Lipinski definition) is 1. The Hall–Kier alpha value is -3.03. The van der Waals surface area contributed by atoms with E-state index in [1.165, 1.54) is 37.6 Å². The van der Waals surface area contributed by atoms with Gasteiger partial charge in [-0.15, -0.1) is 0 Å². The number of ether oxygens (including phenoxy) is 1. The van der Waals surface area contributed by atoms with Gasteiger partial charge in [-0.2, -0.15) is 4.39 Å². The van der Waals surface area contributed by atoms with Crippen LogP contribution in [0.25, 0.3) is 0 Å². The Morgan fingerprint density at radius 2 is 2.19 bits per heavy atom. The third-order valence-corrected chi connectivity index (χ3v) is 2.64. The van der Waals surface area contributed by atoms with Crippen molar-refractivity contribution in [3.05, 3.63) is 58.2 Å². The number of pyridine rings is 1. The number of carbonyl (C=O) groups excluding carboxylic acids is 1. The predicted molar refractivity (Wildman–Crippen MR) is 71.8 cm³/mol. The van der Waals surface area contributed by atoms with Crippen LogP contribution in [-0.2, 0) is 0 Å². The Balaban J connectivity index is 2.28. The lowest BCUT2D eigenvalue weighted by molar-refractivity contribution is -0.385. The van der Waals surface area contributed by atoms with Crippen molar-refractivity contribution in [1.82, 2.24) is 4.98 Å². The summed E-state index contributed by atoms with van der Waals surface area (Å²) in [5.74, 6) is -1.61. The van der Waals surface area contributed by atoms with Gasteiger partial charge in [0.25, 0.3) is 5.91 Å². The highest BCUT2D eigenvalue weighted by molar-refractivity contribution is 6.04. The largest absolute Gasteiger partial charge is 0.490 e. The number of methoxy groups -OCH3 is 1. The quantitative estimate of drug-likeness (QED) is 0.530. The smallest absolute Gasteiger partial charge is 0.312 e. The normalized spacial score (nSPS) is 10.0. The number of benzene rings is 1. The van der Waals surface area contributed by atoms with Crippen LogP contribution in [0.3, 0.4) is 0 Å². The second-order valence-electron chi connectivity index (χ2n) is 3.94. The van der Waals surface area contributed by atoms with Gasteiger partial charge in [0.15, 0.2) is 5.75 Å². The summed E-state index contributed by atoms with van der Waals surface area (Å²) < 4.78 is 18.2. The third-order valence-electron chi connectivity index (χ3n) is 2.64. The molecule has 0 unspecified atom stereocenters. The summed E-state index contributed by atoms with van der Waals surface area (Å²) >= 11 is 0.